The van der Waals surface area contributed by atoms with E-state index in [0.29, 0.717) is 0 Å². The molecule has 1 aliphatic heterocycles. The van der Waals surface area contributed by atoms with Crippen molar-refractivity contribution in [3.8, 4) is 0 Å². The van der Waals surface area contributed by atoms with Crippen molar-refractivity contribution in [1.29, 1.82) is 0 Å². The Hall–Kier alpha value is -2.64. The molecule has 6 nitrogen and oxygen atoms in total. The molecule has 0 amide bonds. The van der Waals surface area contributed by atoms with Crippen molar-refractivity contribution >= 4 is 33.6 Å². The van der Waals surface area contributed by atoms with E-state index in [-0.39, 0.29) is 23.2 Å². The highest BCUT2D eigenvalue weighted by Crippen LogP contribution is 2.21. The van der Waals surface area contributed by atoms with Crippen LogP contribution in [0.3, 0.4) is 0 Å². The lowest BCUT2D eigenvalue weighted by Gasteiger charge is -2.31. The van der Waals surface area contributed by atoms with Gasteiger partial charge in [0.15, 0.2) is 9.84 Å². The number of nitrogens with zero attached hydrogens (tertiary/aromatic N) is 1. The Labute approximate surface area is 177 Å². The number of hydrogen-bond donors (Lipinski definition) is 1. The number of ether oxygens (including phenoxy) is 1. The predicted octanol–water partition coefficient (Wildman–Crippen LogP) is 3.15. The van der Waals surface area contributed by atoms with Crippen molar-refractivity contribution in [3.05, 3.63) is 59.7 Å². The third-order valence-corrected chi connectivity index (χ3v) is 6.96. The van der Waals surface area contributed by atoms with Gasteiger partial charge in [-0.2, -0.15) is 0 Å². The second kappa shape index (κ2) is 9.91. The number of piperidine rings is 1. The number of sulfone groups is 1. The van der Waals surface area contributed by atoms with E-state index < -0.39 is 15.8 Å². The van der Waals surface area contributed by atoms with Gasteiger partial charge in [-0.05, 0) is 48.2 Å². The second-order valence-corrected chi connectivity index (χ2v) is 9.47. The highest BCUT2D eigenvalue weighted by atomic mass is 32.2. The van der Waals surface area contributed by atoms with Crippen LogP contribution in [0.5, 0.6) is 0 Å². The van der Waals surface area contributed by atoms with Crippen LogP contribution in [0.15, 0.2) is 53.4 Å². The molecule has 1 fully saturated rings. The molecule has 160 valence electrons. The fourth-order valence-corrected chi connectivity index (χ4v) is 4.56. The fraction of sp³-hybridized carbons (Fsp3) is 0.348. The summed E-state index contributed by atoms with van der Waals surface area (Å²) >= 11 is 0. The Morgan fingerprint density at radius 1 is 1.03 bits per heavy atom. The van der Waals surface area contributed by atoms with Gasteiger partial charge in [0.2, 0.25) is 0 Å². The zero-order valence-electron chi connectivity index (χ0n) is 17.0. The molecule has 0 aromatic heterocycles. The lowest BCUT2D eigenvalue weighted by molar-refractivity contribution is -0.140. The third kappa shape index (κ3) is 5.93. The van der Waals surface area contributed by atoms with Crippen molar-refractivity contribution in [2.24, 2.45) is 0 Å². The molecule has 1 N–H and O–H groups in total. The van der Waals surface area contributed by atoms with Crippen molar-refractivity contribution < 1.29 is 23.1 Å². The number of benzene rings is 2. The van der Waals surface area contributed by atoms with Crippen LogP contribution in [0, 0.1) is 0 Å². The number of rotatable bonds is 7. The van der Waals surface area contributed by atoms with E-state index in [1.54, 1.807) is 24.3 Å². The molecule has 0 atom stereocenters. The van der Waals surface area contributed by atoms with Gasteiger partial charge in [-0.25, -0.2) is 8.42 Å². The number of carbonyl (C=O) groups is 1. The molecule has 30 heavy (non-hydrogen) atoms. The molecule has 1 saturated heterocycles. The number of esters is 1. The van der Waals surface area contributed by atoms with Gasteiger partial charge >= 0.3 is 5.97 Å². The van der Waals surface area contributed by atoms with Crippen molar-refractivity contribution in [2.75, 3.05) is 30.9 Å². The van der Waals surface area contributed by atoms with Gasteiger partial charge in [-0.1, -0.05) is 36.4 Å². The van der Waals surface area contributed by atoms with Crippen LogP contribution in [0.25, 0.3) is 12.2 Å². The maximum absolute atomic E-state index is 12.3. The standard InChI is InChI=1S/C23H27NO5S/c1-29-23(26)14-17-30(27,28)22-10-6-19(7-11-22)3-2-18-4-8-20(9-5-18)24-15-12-21(25)13-16-24/h2-11,21,25H,12-17H2,1H3/b3-2+. The zero-order valence-corrected chi connectivity index (χ0v) is 17.8. The first-order valence-corrected chi connectivity index (χ1v) is 11.6. The summed E-state index contributed by atoms with van der Waals surface area (Å²) in [6.45, 7) is 1.73. The summed E-state index contributed by atoms with van der Waals surface area (Å²) in [5.41, 5.74) is 3.09. The van der Waals surface area contributed by atoms with Crippen LogP contribution in [0.1, 0.15) is 30.4 Å². The summed E-state index contributed by atoms with van der Waals surface area (Å²) in [5.74, 6) is -0.806. The SMILES string of the molecule is COC(=O)CCS(=O)(=O)c1ccc(/C=C/c2ccc(N3CCC(O)CC3)cc2)cc1. The van der Waals surface area contributed by atoms with Gasteiger partial charge in [0.1, 0.15) is 0 Å². The van der Waals surface area contributed by atoms with Crippen LogP contribution in [-0.4, -0.2) is 51.5 Å². The predicted molar refractivity (Wildman–Crippen MR) is 118 cm³/mol. The number of aliphatic hydroxyl groups is 1. The zero-order chi connectivity index (χ0) is 21.6. The van der Waals surface area contributed by atoms with Gasteiger partial charge in [0.25, 0.3) is 0 Å². The van der Waals surface area contributed by atoms with Gasteiger partial charge in [-0.3, -0.25) is 4.79 Å². The van der Waals surface area contributed by atoms with Crippen molar-refractivity contribution in [3.63, 3.8) is 0 Å². The van der Waals surface area contributed by atoms with Crippen LogP contribution in [0.4, 0.5) is 5.69 Å². The topological polar surface area (TPSA) is 83.9 Å². The lowest BCUT2D eigenvalue weighted by atomic mass is 10.1. The molecular formula is C23H27NO5S. The average molecular weight is 430 g/mol. The molecule has 2 aromatic rings. The van der Waals surface area contributed by atoms with Gasteiger partial charge in [-0.15, -0.1) is 0 Å². The number of aliphatic hydroxyl groups excluding tert-OH is 1. The first kappa shape index (κ1) is 22.1. The van der Waals surface area contributed by atoms with E-state index in [0.717, 1.165) is 42.7 Å². The molecule has 0 unspecified atom stereocenters. The minimum Gasteiger partial charge on any atom is -0.469 e. The Morgan fingerprint density at radius 2 is 1.57 bits per heavy atom. The van der Waals surface area contributed by atoms with Gasteiger partial charge < -0.3 is 14.7 Å². The van der Waals surface area contributed by atoms with E-state index >= 15 is 0 Å². The molecule has 2 aromatic carbocycles. The molecular weight excluding hydrogens is 402 g/mol. The average Bonchev–Trinajstić information content (AvgIpc) is 2.77. The van der Waals surface area contributed by atoms with E-state index in [1.807, 2.05) is 24.3 Å². The number of anilines is 1. The summed E-state index contributed by atoms with van der Waals surface area (Å²) in [7, 11) is -2.27. The number of hydrogen-bond acceptors (Lipinski definition) is 6. The Balaban J connectivity index is 1.60. The van der Waals surface area contributed by atoms with Crippen LogP contribution in [-0.2, 0) is 19.4 Å². The normalized spacial score (nSPS) is 15.5. The first-order valence-electron chi connectivity index (χ1n) is 9.98. The van der Waals surface area contributed by atoms with E-state index in [1.165, 1.54) is 7.11 Å². The van der Waals surface area contributed by atoms with Gasteiger partial charge in [0.05, 0.1) is 30.3 Å². The molecule has 0 radical (unpaired) electrons. The molecule has 0 bridgehead atoms. The Bertz CT molecular complexity index is 973. The molecule has 1 aliphatic rings. The number of carbonyl (C=O) groups excluding carboxylic acids is 1. The molecule has 0 aliphatic carbocycles. The summed E-state index contributed by atoms with van der Waals surface area (Å²) in [4.78, 5) is 13.7. The number of methoxy groups -OCH3 is 1. The quantitative estimate of drug-likeness (QED) is 0.538. The highest BCUT2D eigenvalue weighted by Gasteiger charge is 2.17. The van der Waals surface area contributed by atoms with E-state index in [4.69, 9.17) is 0 Å². The van der Waals surface area contributed by atoms with E-state index in [2.05, 4.69) is 21.8 Å². The molecule has 1 heterocycles. The maximum Gasteiger partial charge on any atom is 0.306 e. The minimum absolute atomic E-state index is 0.158. The monoisotopic (exact) mass is 429 g/mol. The molecule has 0 saturated carbocycles. The van der Waals surface area contributed by atoms with Crippen molar-refractivity contribution in [2.45, 2.75) is 30.3 Å². The Kier molecular flexibility index (Phi) is 7.29. The summed E-state index contributed by atoms with van der Waals surface area (Å²) < 4.78 is 29.1. The van der Waals surface area contributed by atoms with Crippen molar-refractivity contribution in [1.82, 2.24) is 0 Å². The first-order chi connectivity index (χ1) is 14.4. The molecule has 7 heteroatoms. The summed E-state index contributed by atoms with van der Waals surface area (Å²) in [6, 6.07) is 14.8. The van der Waals surface area contributed by atoms with Crippen LogP contribution >= 0.6 is 0 Å². The fourth-order valence-electron chi connectivity index (χ4n) is 3.34. The second-order valence-electron chi connectivity index (χ2n) is 7.36. The van der Waals surface area contributed by atoms with Crippen LogP contribution < -0.4 is 4.90 Å². The molecule has 0 spiro atoms. The minimum atomic E-state index is -3.51. The lowest BCUT2D eigenvalue weighted by Crippen LogP contribution is -2.35. The third-order valence-electron chi connectivity index (χ3n) is 5.23. The smallest absolute Gasteiger partial charge is 0.306 e. The van der Waals surface area contributed by atoms with E-state index in [9.17, 15) is 18.3 Å². The summed E-state index contributed by atoms with van der Waals surface area (Å²) in [5, 5.41) is 9.63. The van der Waals surface area contributed by atoms with Crippen LogP contribution in [0.2, 0.25) is 0 Å². The summed E-state index contributed by atoms with van der Waals surface area (Å²) in [6.07, 6.45) is 5.17. The Morgan fingerprint density at radius 3 is 2.10 bits per heavy atom. The maximum atomic E-state index is 12.3. The molecule has 3 rings (SSSR count). The van der Waals surface area contributed by atoms with Gasteiger partial charge in [0, 0.05) is 18.8 Å². The highest BCUT2D eigenvalue weighted by molar-refractivity contribution is 7.91. The largest absolute Gasteiger partial charge is 0.469 e.